The number of aryl methyl sites for hydroxylation is 1. The van der Waals surface area contributed by atoms with E-state index in [0.717, 1.165) is 23.3 Å². The van der Waals surface area contributed by atoms with Gasteiger partial charge >= 0.3 is 0 Å². The molecule has 16 heavy (non-hydrogen) atoms. The molecule has 0 fully saturated rings. The highest BCUT2D eigenvalue weighted by atomic mass is 19.1. The van der Waals surface area contributed by atoms with Crippen LogP contribution in [0.25, 0.3) is 11.0 Å². The van der Waals surface area contributed by atoms with E-state index in [1.807, 2.05) is 11.6 Å². The lowest BCUT2D eigenvalue weighted by molar-refractivity contribution is 0.607. The molecule has 2 N–H and O–H groups in total. The van der Waals surface area contributed by atoms with Gasteiger partial charge in [0, 0.05) is 19.5 Å². The van der Waals surface area contributed by atoms with Crippen molar-refractivity contribution in [1.29, 1.82) is 0 Å². The molecule has 1 unspecified atom stereocenters. The molecule has 0 bridgehead atoms. The van der Waals surface area contributed by atoms with Gasteiger partial charge in [-0.3, -0.25) is 0 Å². The molecule has 1 atom stereocenters. The standard InChI is InChI=1S/C12H16FN3/c1-3-8(7-14)12-15-10-5-4-9(13)6-11(10)16(12)2/h4-6,8H,3,7,14H2,1-2H3. The number of nitrogens with two attached hydrogens (primary N) is 1. The van der Waals surface area contributed by atoms with Gasteiger partial charge in [-0.2, -0.15) is 0 Å². The van der Waals surface area contributed by atoms with Gasteiger partial charge in [0.1, 0.15) is 11.6 Å². The molecule has 0 aliphatic rings. The molecule has 0 radical (unpaired) electrons. The van der Waals surface area contributed by atoms with Crippen LogP contribution in [-0.4, -0.2) is 16.1 Å². The Bertz CT molecular complexity index is 500. The first-order chi connectivity index (χ1) is 7.67. The molecular weight excluding hydrogens is 205 g/mol. The average Bonchev–Trinajstić information content (AvgIpc) is 2.59. The fourth-order valence-corrected chi connectivity index (χ4v) is 2.00. The number of hydrogen-bond donors (Lipinski definition) is 1. The molecule has 3 nitrogen and oxygen atoms in total. The van der Waals surface area contributed by atoms with Gasteiger partial charge in [0.2, 0.25) is 0 Å². The van der Waals surface area contributed by atoms with E-state index < -0.39 is 0 Å². The maximum absolute atomic E-state index is 13.1. The van der Waals surface area contributed by atoms with Crippen molar-refractivity contribution in [2.45, 2.75) is 19.3 Å². The van der Waals surface area contributed by atoms with Crippen LogP contribution in [0, 0.1) is 5.82 Å². The van der Waals surface area contributed by atoms with Crippen molar-refractivity contribution in [3.05, 3.63) is 29.8 Å². The third kappa shape index (κ3) is 1.69. The van der Waals surface area contributed by atoms with E-state index in [4.69, 9.17) is 5.73 Å². The Hall–Kier alpha value is -1.42. The number of hydrogen-bond acceptors (Lipinski definition) is 2. The fourth-order valence-electron chi connectivity index (χ4n) is 2.00. The summed E-state index contributed by atoms with van der Waals surface area (Å²) in [6, 6.07) is 4.65. The first-order valence-electron chi connectivity index (χ1n) is 5.49. The van der Waals surface area contributed by atoms with Crippen LogP contribution in [0.15, 0.2) is 18.2 Å². The highest BCUT2D eigenvalue weighted by molar-refractivity contribution is 5.76. The Kier molecular flexibility index (Phi) is 2.92. The fraction of sp³-hybridized carbons (Fsp3) is 0.417. The van der Waals surface area contributed by atoms with Crippen molar-refractivity contribution in [3.8, 4) is 0 Å². The maximum atomic E-state index is 13.1. The third-order valence-corrected chi connectivity index (χ3v) is 3.02. The molecular formula is C12H16FN3. The number of imidazole rings is 1. The average molecular weight is 221 g/mol. The molecule has 0 aliphatic heterocycles. The van der Waals surface area contributed by atoms with Crippen molar-refractivity contribution in [2.24, 2.45) is 12.8 Å². The Morgan fingerprint density at radius 1 is 1.50 bits per heavy atom. The van der Waals surface area contributed by atoms with E-state index in [9.17, 15) is 4.39 Å². The highest BCUT2D eigenvalue weighted by Crippen LogP contribution is 2.23. The Balaban J connectivity index is 2.59. The van der Waals surface area contributed by atoms with E-state index in [1.165, 1.54) is 12.1 Å². The molecule has 2 aromatic rings. The SMILES string of the molecule is CCC(CN)c1nc2ccc(F)cc2n1C. The normalized spacial score (nSPS) is 13.2. The van der Waals surface area contributed by atoms with Crippen LogP contribution in [0.2, 0.25) is 0 Å². The van der Waals surface area contributed by atoms with Gasteiger partial charge in [-0.25, -0.2) is 9.37 Å². The van der Waals surface area contributed by atoms with Gasteiger partial charge < -0.3 is 10.3 Å². The quantitative estimate of drug-likeness (QED) is 0.863. The minimum absolute atomic E-state index is 0.233. The molecule has 4 heteroatoms. The van der Waals surface area contributed by atoms with Crippen LogP contribution < -0.4 is 5.73 Å². The number of halogens is 1. The van der Waals surface area contributed by atoms with Crippen LogP contribution >= 0.6 is 0 Å². The largest absolute Gasteiger partial charge is 0.331 e. The lowest BCUT2D eigenvalue weighted by Gasteiger charge is -2.11. The molecule has 1 aromatic carbocycles. The minimum atomic E-state index is -0.233. The summed E-state index contributed by atoms with van der Waals surface area (Å²) in [5.41, 5.74) is 7.35. The topological polar surface area (TPSA) is 43.8 Å². The maximum Gasteiger partial charge on any atom is 0.125 e. The van der Waals surface area contributed by atoms with Gasteiger partial charge in [0.25, 0.3) is 0 Å². The van der Waals surface area contributed by atoms with Gasteiger partial charge in [-0.15, -0.1) is 0 Å². The van der Waals surface area contributed by atoms with Crippen molar-refractivity contribution in [3.63, 3.8) is 0 Å². The smallest absolute Gasteiger partial charge is 0.125 e. The number of fused-ring (bicyclic) bond motifs is 1. The van der Waals surface area contributed by atoms with Crippen LogP contribution in [0.3, 0.4) is 0 Å². The molecule has 2 rings (SSSR count). The predicted octanol–water partition coefficient (Wildman–Crippen LogP) is 2.16. The molecule has 0 saturated heterocycles. The molecule has 0 saturated carbocycles. The van der Waals surface area contributed by atoms with E-state index in [0.29, 0.717) is 6.54 Å². The molecule has 86 valence electrons. The van der Waals surface area contributed by atoms with E-state index in [1.54, 1.807) is 6.07 Å². The predicted molar refractivity (Wildman–Crippen MR) is 62.8 cm³/mol. The van der Waals surface area contributed by atoms with E-state index in [-0.39, 0.29) is 11.7 Å². The summed E-state index contributed by atoms with van der Waals surface area (Å²) < 4.78 is 15.1. The lowest BCUT2D eigenvalue weighted by Crippen LogP contribution is -2.15. The van der Waals surface area contributed by atoms with Crippen LogP contribution in [0.5, 0.6) is 0 Å². The van der Waals surface area contributed by atoms with Crippen LogP contribution in [-0.2, 0) is 7.05 Å². The van der Waals surface area contributed by atoms with Crippen molar-refractivity contribution >= 4 is 11.0 Å². The second kappa shape index (κ2) is 4.22. The van der Waals surface area contributed by atoms with Gasteiger partial charge in [-0.05, 0) is 24.6 Å². The number of rotatable bonds is 3. The summed E-state index contributed by atoms with van der Waals surface area (Å²) >= 11 is 0. The zero-order valence-corrected chi connectivity index (χ0v) is 9.57. The molecule has 0 amide bonds. The van der Waals surface area contributed by atoms with Crippen molar-refractivity contribution in [1.82, 2.24) is 9.55 Å². The van der Waals surface area contributed by atoms with Gasteiger partial charge in [-0.1, -0.05) is 6.92 Å². The Labute approximate surface area is 94.1 Å². The van der Waals surface area contributed by atoms with Gasteiger partial charge in [0.15, 0.2) is 0 Å². The summed E-state index contributed by atoms with van der Waals surface area (Å²) in [6.07, 6.45) is 0.941. The first kappa shape index (κ1) is 11.1. The van der Waals surface area contributed by atoms with Crippen molar-refractivity contribution < 1.29 is 4.39 Å². The molecule has 1 aromatic heterocycles. The Morgan fingerprint density at radius 3 is 2.88 bits per heavy atom. The van der Waals surface area contributed by atoms with Crippen LogP contribution in [0.4, 0.5) is 4.39 Å². The van der Waals surface area contributed by atoms with Crippen LogP contribution in [0.1, 0.15) is 25.1 Å². The second-order valence-corrected chi connectivity index (χ2v) is 4.00. The summed E-state index contributed by atoms with van der Waals surface area (Å²) in [4.78, 5) is 4.51. The second-order valence-electron chi connectivity index (χ2n) is 4.00. The number of aromatic nitrogens is 2. The summed E-state index contributed by atoms with van der Waals surface area (Å²) in [7, 11) is 1.91. The molecule has 0 spiro atoms. The molecule has 0 aliphatic carbocycles. The highest BCUT2D eigenvalue weighted by Gasteiger charge is 2.15. The zero-order chi connectivity index (χ0) is 11.7. The van der Waals surface area contributed by atoms with E-state index >= 15 is 0 Å². The zero-order valence-electron chi connectivity index (χ0n) is 9.57. The Morgan fingerprint density at radius 2 is 2.25 bits per heavy atom. The number of benzene rings is 1. The lowest BCUT2D eigenvalue weighted by atomic mass is 10.1. The van der Waals surface area contributed by atoms with E-state index in [2.05, 4.69) is 11.9 Å². The number of nitrogens with zero attached hydrogens (tertiary/aromatic N) is 2. The minimum Gasteiger partial charge on any atom is -0.331 e. The molecule has 1 heterocycles. The first-order valence-corrected chi connectivity index (χ1v) is 5.49. The van der Waals surface area contributed by atoms with Crippen molar-refractivity contribution in [2.75, 3.05) is 6.54 Å². The summed E-state index contributed by atoms with van der Waals surface area (Å²) in [5.74, 6) is 0.939. The monoisotopic (exact) mass is 221 g/mol. The third-order valence-electron chi connectivity index (χ3n) is 3.02. The summed E-state index contributed by atoms with van der Waals surface area (Å²) in [6.45, 7) is 2.65. The summed E-state index contributed by atoms with van der Waals surface area (Å²) in [5, 5.41) is 0. The van der Waals surface area contributed by atoms with Gasteiger partial charge in [0.05, 0.1) is 11.0 Å².